The van der Waals surface area contributed by atoms with Gasteiger partial charge >= 0.3 is 0 Å². The van der Waals surface area contributed by atoms with E-state index in [9.17, 15) is 8.42 Å². The van der Waals surface area contributed by atoms with Crippen LogP contribution in [0.25, 0.3) is 10.9 Å². The van der Waals surface area contributed by atoms with Crippen molar-refractivity contribution < 1.29 is 8.42 Å². The van der Waals surface area contributed by atoms with Crippen molar-refractivity contribution in [2.45, 2.75) is 24.4 Å². The number of rotatable bonds is 7. The van der Waals surface area contributed by atoms with Gasteiger partial charge in [-0.2, -0.15) is 0 Å². The van der Waals surface area contributed by atoms with E-state index in [2.05, 4.69) is 44.6 Å². The van der Waals surface area contributed by atoms with Crippen molar-refractivity contribution in [3.8, 4) is 0 Å². The van der Waals surface area contributed by atoms with Crippen LogP contribution in [-0.2, 0) is 23.1 Å². The van der Waals surface area contributed by atoms with Gasteiger partial charge in [0, 0.05) is 38.4 Å². The van der Waals surface area contributed by atoms with E-state index in [1.165, 1.54) is 17.0 Å². The van der Waals surface area contributed by atoms with Gasteiger partial charge < -0.3 is 15.2 Å². The van der Waals surface area contributed by atoms with Crippen LogP contribution in [0, 0.1) is 0 Å². The Labute approximate surface area is 165 Å². The minimum Gasteiger partial charge on any atom is -0.356 e. The lowest BCUT2D eigenvalue weighted by molar-refractivity contribution is 0.597. The summed E-state index contributed by atoms with van der Waals surface area (Å²) >= 11 is 0. The summed E-state index contributed by atoms with van der Waals surface area (Å²) in [5.41, 5.74) is 2.05. The zero-order valence-corrected chi connectivity index (χ0v) is 16.6. The molecule has 8 heteroatoms. The van der Waals surface area contributed by atoms with Gasteiger partial charge in [-0.05, 0) is 41.6 Å². The van der Waals surface area contributed by atoms with Gasteiger partial charge in [0.15, 0.2) is 5.96 Å². The lowest BCUT2D eigenvalue weighted by atomic mass is 10.2. The van der Waals surface area contributed by atoms with Crippen molar-refractivity contribution >= 4 is 26.9 Å². The summed E-state index contributed by atoms with van der Waals surface area (Å²) in [7, 11) is -2.00. The van der Waals surface area contributed by atoms with E-state index in [4.69, 9.17) is 5.14 Å². The van der Waals surface area contributed by atoms with Gasteiger partial charge in [-0.15, -0.1) is 0 Å². The number of guanidine groups is 1. The Morgan fingerprint density at radius 3 is 2.71 bits per heavy atom. The van der Waals surface area contributed by atoms with Crippen molar-refractivity contribution in [2.24, 2.45) is 10.1 Å². The van der Waals surface area contributed by atoms with E-state index in [0.717, 1.165) is 25.1 Å². The highest BCUT2D eigenvalue weighted by Crippen LogP contribution is 2.15. The van der Waals surface area contributed by atoms with E-state index in [0.29, 0.717) is 12.5 Å². The van der Waals surface area contributed by atoms with Crippen LogP contribution in [0.5, 0.6) is 0 Å². The fourth-order valence-electron chi connectivity index (χ4n) is 3.03. The molecule has 1 heterocycles. The van der Waals surface area contributed by atoms with E-state index in [1.54, 1.807) is 19.2 Å². The Morgan fingerprint density at radius 2 is 1.93 bits per heavy atom. The second kappa shape index (κ2) is 8.90. The normalized spacial score (nSPS) is 12.3. The van der Waals surface area contributed by atoms with Crippen LogP contribution in [-0.4, -0.2) is 32.5 Å². The Hall–Kier alpha value is -2.84. The molecule has 0 atom stereocenters. The third kappa shape index (κ3) is 5.11. The Morgan fingerprint density at radius 1 is 1.11 bits per heavy atom. The third-order valence-electron chi connectivity index (χ3n) is 4.46. The summed E-state index contributed by atoms with van der Waals surface area (Å²) in [5, 5.41) is 12.9. The van der Waals surface area contributed by atoms with Crippen LogP contribution in [0.1, 0.15) is 12.0 Å². The summed E-state index contributed by atoms with van der Waals surface area (Å²) in [5.74, 6) is 0.665. The maximum Gasteiger partial charge on any atom is 0.238 e. The van der Waals surface area contributed by atoms with Crippen LogP contribution in [0.3, 0.4) is 0 Å². The maximum absolute atomic E-state index is 11.5. The van der Waals surface area contributed by atoms with Gasteiger partial charge in [-0.3, -0.25) is 4.99 Å². The number of aliphatic imine (C=N–C) groups is 1. The quantitative estimate of drug-likeness (QED) is 0.321. The largest absolute Gasteiger partial charge is 0.356 e. The number of sulfonamides is 1. The molecule has 0 saturated carbocycles. The molecule has 0 aliphatic carbocycles. The molecule has 0 spiro atoms. The molecule has 0 radical (unpaired) electrons. The molecule has 0 bridgehead atoms. The van der Waals surface area contributed by atoms with Gasteiger partial charge in [-0.25, -0.2) is 13.6 Å². The topological polar surface area (TPSA) is 102 Å². The maximum atomic E-state index is 11.5. The monoisotopic (exact) mass is 399 g/mol. The molecule has 0 unspecified atom stereocenters. The lowest BCUT2D eigenvalue weighted by Crippen LogP contribution is -2.37. The molecule has 4 N–H and O–H groups in total. The van der Waals surface area contributed by atoms with Crippen molar-refractivity contribution in [1.29, 1.82) is 0 Å². The van der Waals surface area contributed by atoms with E-state index in [-0.39, 0.29) is 4.90 Å². The predicted molar refractivity (Wildman–Crippen MR) is 113 cm³/mol. The number of fused-ring (bicyclic) bond motifs is 1. The molecule has 0 amide bonds. The summed E-state index contributed by atoms with van der Waals surface area (Å²) in [6, 6.07) is 17.0. The average Bonchev–Trinajstić information content (AvgIpc) is 3.10. The zero-order chi connectivity index (χ0) is 20.0. The molecule has 0 fully saturated rings. The average molecular weight is 400 g/mol. The minimum atomic E-state index is -3.70. The molecule has 28 heavy (non-hydrogen) atoms. The summed E-state index contributed by atoms with van der Waals surface area (Å²) < 4.78 is 25.1. The number of hydrogen-bond donors (Lipinski definition) is 3. The van der Waals surface area contributed by atoms with Crippen LogP contribution in [0.2, 0.25) is 0 Å². The molecule has 0 aliphatic rings. The lowest BCUT2D eigenvalue weighted by Gasteiger charge is -2.13. The fourth-order valence-corrected chi connectivity index (χ4v) is 3.61. The van der Waals surface area contributed by atoms with E-state index in [1.807, 2.05) is 18.2 Å². The van der Waals surface area contributed by atoms with E-state index >= 15 is 0 Å². The number of para-hydroxylation sites is 1. The molecular formula is C20H25N5O2S. The van der Waals surface area contributed by atoms with Gasteiger partial charge in [0.2, 0.25) is 10.0 Å². The third-order valence-corrected chi connectivity index (χ3v) is 5.37. The van der Waals surface area contributed by atoms with Gasteiger partial charge in [0.25, 0.3) is 0 Å². The molecule has 3 rings (SSSR count). The minimum absolute atomic E-state index is 0.105. The first-order chi connectivity index (χ1) is 13.5. The first-order valence-electron chi connectivity index (χ1n) is 9.07. The first-order valence-corrected chi connectivity index (χ1v) is 10.6. The highest BCUT2D eigenvalue weighted by Gasteiger charge is 2.08. The molecule has 1 aromatic heterocycles. The number of hydrogen-bond acceptors (Lipinski definition) is 3. The van der Waals surface area contributed by atoms with Gasteiger partial charge in [0.1, 0.15) is 0 Å². The highest BCUT2D eigenvalue weighted by atomic mass is 32.2. The molecule has 0 saturated heterocycles. The van der Waals surface area contributed by atoms with Crippen LogP contribution in [0.4, 0.5) is 0 Å². The van der Waals surface area contributed by atoms with Crippen LogP contribution < -0.4 is 15.8 Å². The molecule has 3 aromatic rings. The Bertz CT molecular complexity index is 1070. The SMILES string of the molecule is CN=C(NCCCn1ccc2ccccc21)NCc1cccc(S(N)(=O)=O)c1. The number of nitrogens with zero attached hydrogens (tertiary/aromatic N) is 2. The summed E-state index contributed by atoms with van der Waals surface area (Å²) in [4.78, 5) is 4.31. The van der Waals surface area contributed by atoms with Crippen LogP contribution >= 0.6 is 0 Å². The zero-order valence-electron chi connectivity index (χ0n) is 15.8. The number of benzene rings is 2. The number of nitrogens with two attached hydrogens (primary N) is 1. The molecule has 2 aromatic carbocycles. The van der Waals surface area contributed by atoms with Gasteiger partial charge in [-0.1, -0.05) is 30.3 Å². The van der Waals surface area contributed by atoms with Crippen LogP contribution in [0.15, 0.2) is 70.7 Å². The van der Waals surface area contributed by atoms with Crippen molar-refractivity contribution in [2.75, 3.05) is 13.6 Å². The molecule has 148 valence electrons. The number of aryl methyl sites for hydroxylation is 1. The predicted octanol–water partition coefficient (Wildman–Crippen LogP) is 2.04. The number of primary sulfonamides is 1. The van der Waals surface area contributed by atoms with Crippen molar-refractivity contribution in [3.05, 3.63) is 66.4 Å². The second-order valence-corrected chi connectivity index (χ2v) is 8.03. The smallest absolute Gasteiger partial charge is 0.238 e. The Balaban J connectivity index is 1.47. The fraction of sp³-hybridized carbons (Fsp3) is 0.250. The van der Waals surface area contributed by atoms with Gasteiger partial charge in [0.05, 0.1) is 4.90 Å². The first kappa shape index (κ1) is 19.9. The summed E-state index contributed by atoms with van der Waals surface area (Å²) in [6.45, 7) is 2.13. The van der Waals surface area contributed by atoms with Crippen molar-refractivity contribution in [3.63, 3.8) is 0 Å². The second-order valence-electron chi connectivity index (χ2n) is 6.47. The molecular weight excluding hydrogens is 374 g/mol. The number of nitrogens with one attached hydrogen (secondary N) is 2. The van der Waals surface area contributed by atoms with Crippen molar-refractivity contribution in [1.82, 2.24) is 15.2 Å². The Kier molecular flexibility index (Phi) is 6.33. The molecule has 7 nitrogen and oxygen atoms in total. The summed E-state index contributed by atoms with van der Waals surface area (Å²) in [6.07, 6.45) is 3.05. The van der Waals surface area contributed by atoms with E-state index < -0.39 is 10.0 Å². The number of aromatic nitrogens is 1. The highest BCUT2D eigenvalue weighted by molar-refractivity contribution is 7.89. The molecule has 0 aliphatic heterocycles. The standard InChI is InChI=1S/C20H25N5O2S/c1-22-20(24-15-16-6-4-8-18(14-16)28(21,26)27)23-11-5-12-25-13-10-17-7-2-3-9-19(17)25/h2-4,6-10,13-14H,5,11-12,15H2,1H3,(H2,21,26,27)(H2,22,23,24).